The summed E-state index contributed by atoms with van der Waals surface area (Å²) in [5.41, 5.74) is 2.21. The number of hydrogen-bond acceptors (Lipinski definition) is 4. The van der Waals surface area contributed by atoms with E-state index in [0.717, 1.165) is 11.3 Å². The molecule has 0 amide bonds. The van der Waals surface area contributed by atoms with E-state index >= 15 is 0 Å². The fourth-order valence-corrected chi connectivity index (χ4v) is 2.46. The highest BCUT2D eigenvalue weighted by Crippen LogP contribution is 2.33. The number of aliphatic hydroxyl groups excluding tert-OH is 2. The van der Waals surface area contributed by atoms with E-state index in [-0.39, 0.29) is 12.0 Å². The van der Waals surface area contributed by atoms with Crippen LogP contribution in [0, 0.1) is 0 Å². The van der Waals surface area contributed by atoms with Gasteiger partial charge in [-0.3, -0.25) is 0 Å². The van der Waals surface area contributed by atoms with E-state index in [1.165, 1.54) is 12.5 Å². The molecule has 2 aromatic rings. The standard InChI is InChI=1S/C20H26O4/c1-14(21)19(22)13-24-18-11-7-16(8-12-18)20(2,3)15-5-9-17(23-4)10-6-15/h5-12,14,19,21-22H,13H2,1-4H3. The average Bonchev–Trinajstić information content (AvgIpc) is 2.60. The summed E-state index contributed by atoms with van der Waals surface area (Å²) >= 11 is 0. The molecule has 0 aliphatic rings. The van der Waals surface area contributed by atoms with E-state index in [1.54, 1.807) is 7.11 Å². The maximum Gasteiger partial charge on any atom is 0.119 e. The Morgan fingerprint density at radius 2 is 1.33 bits per heavy atom. The van der Waals surface area contributed by atoms with Crippen LogP contribution in [-0.4, -0.2) is 36.1 Å². The summed E-state index contributed by atoms with van der Waals surface area (Å²) in [5, 5.41) is 18.9. The Bertz CT molecular complexity index is 630. The van der Waals surface area contributed by atoms with Gasteiger partial charge in [-0.2, -0.15) is 0 Å². The molecule has 4 nitrogen and oxygen atoms in total. The van der Waals surface area contributed by atoms with Crippen LogP contribution in [0.2, 0.25) is 0 Å². The number of ether oxygens (including phenoxy) is 2. The van der Waals surface area contributed by atoms with Crippen molar-refractivity contribution >= 4 is 0 Å². The molecule has 2 atom stereocenters. The van der Waals surface area contributed by atoms with Crippen molar-refractivity contribution in [1.29, 1.82) is 0 Å². The minimum atomic E-state index is -0.889. The number of methoxy groups -OCH3 is 1. The number of aliphatic hydroxyl groups is 2. The minimum Gasteiger partial charge on any atom is -0.497 e. The maximum absolute atomic E-state index is 9.58. The predicted molar refractivity (Wildman–Crippen MR) is 94.7 cm³/mol. The van der Waals surface area contributed by atoms with Crippen LogP contribution in [0.5, 0.6) is 11.5 Å². The highest BCUT2D eigenvalue weighted by atomic mass is 16.5. The van der Waals surface area contributed by atoms with Crippen molar-refractivity contribution in [3.05, 3.63) is 59.7 Å². The molecule has 2 unspecified atom stereocenters. The molecule has 0 radical (unpaired) electrons. The maximum atomic E-state index is 9.58. The quantitative estimate of drug-likeness (QED) is 0.819. The molecule has 24 heavy (non-hydrogen) atoms. The van der Waals surface area contributed by atoms with Crippen molar-refractivity contribution in [3.63, 3.8) is 0 Å². The van der Waals surface area contributed by atoms with Crippen molar-refractivity contribution in [3.8, 4) is 11.5 Å². The summed E-state index contributed by atoms with van der Waals surface area (Å²) in [7, 11) is 1.66. The second-order valence-corrected chi connectivity index (χ2v) is 6.50. The van der Waals surface area contributed by atoms with Gasteiger partial charge in [0, 0.05) is 5.41 Å². The average molecular weight is 330 g/mol. The summed E-state index contributed by atoms with van der Waals surface area (Å²) in [6.45, 7) is 5.94. The molecule has 4 heteroatoms. The van der Waals surface area contributed by atoms with E-state index in [9.17, 15) is 10.2 Å². The Kier molecular flexibility index (Phi) is 5.86. The number of rotatable bonds is 7. The SMILES string of the molecule is COc1ccc(C(C)(C)c2ccc(OCC(O)C(C)O)cc2)cc1. The first-order chi connectivity index (χ1) is 11.3. The predicted octanol–water partition coefficient (Wildman–Crippen LogP) is 3.14. The molecule has 0 heterocycles. The highest BCUT2D eigenvalue weighted by molar-refractivity contribution is 5.41. The smallest absolute Gasteiger partial charge is 0.119 e. The fraction of sp³-hybridized carbons (Fsp3) is 0.400. The fourth-order valence-electron chi connectivity index (χ4n) is 2.46. The van der Waals surface area contributed by atoms with Gasteiger partial charge in [-0.25, -0.2) is 0 Å². The van der Waals surface area contributed by atoms with Gasteiger partial charge in [-0.05, 0) is 42.3 Å². The Labute approximate surface area is 143 Å². The molecule has 0 aromatic heterocycles. The monoisotopic (exact) mass is 330 g/mol. The van der Waals surface area contributed by atoms with Gasteiger partial charge in [0.25, 0.3) is 0 Å². The molecule has 0 spiro atoms. The van der Waals surface area contributed by atoms with Crippen LogP contribution in [0.1, 0.15) is 31.9 Å². The van der Waals surface area contributed by atoms with E-state index in [0.29, 0.717) is 5.75 Å². The summed E-state index contributed by atoms with van der Waals surface area (Å²) in [4.78, 5) is 0. The molecular weight excluding hydrogens is 304 g/mol. The lowest BCUT2D eigenvalue weighted by atomic mass is 9.78. The number of benzene rings is 2. The Balaban J connectivity index is 2.10. The van der Waals surface area contributed by atoms with Gasteiger partial charge < -0.3 is 19.7 Å². The number of hydrogen-bond donors (Lipinski definition) is 2. The Hall–Kier alpha value is -2.04. The normalized spacial score (nSPS) is 14.1. The van der Waals surface area contributed by atoms with Gasteiger partial charge in [-0.15, -0.1) is 0 Å². The summed E-state index contributed by atoms with van der Waals surface area (Å²) in [6, 6.07) is 15.9. The molecule has 0 saturated heterocycles. The van der Waals surface area contributed by atoms with E-state index in [1.807, 2.05) is 36.4 Å². The third kappa shape index (κ3) is 4.28. The third-order valence-corrected chi connectivity index (χ3v) is 4.37. The largest absolute Gasteiger partial charge is 0.497 e. The zero-order valence-corrected chi connectivity index (χ0v) is 14.7. The highest BCUT2D eigenvalue weighted by Gasteiger charge is 2.23. The zero-order chi connectivity index (χ0) is 17.7. The van der Waals surface area contributed by atoms with Gasteiger partial charge >= 0.3 is 0 Å². The summed E-state index contributed by atoms with van der Waals surface area (Å²) in [5.74, 6) is 1.51. The third-order valence-electron chi connectivity index (χ3n) is 4.37. The van der Waals surface area contributed by atoms with Gasteiger partial charge in [-0.1, -0.05) is 38.1 Å². The van der Waals surface area contributed by atoms with Crippen LogP contribution in [0.3, 0.4) is 0 Å². The zero-order valence-electron chi connectivity index (χ0n) is 14.7. The van der Waals surface area contributed by atoms with Crippen molar-refractivity contribution in [2.24, 2.45) is 0 Å². The van der Waals surface area contributed by atoms with Crippen LogP contribution in [-0.2, 0) is 5.41 Å². The first-order valence-electron chi connectivity index (χ1n) is 8.08. The molecule has 0 aliphatic heterocycles. The second-order valence-electron chi connectivity index (χ2n) is 6.50. The van der Waals surface area contributed by atoms with Crippen LogP contribution in [0.25, 0.3) is 0 Å². The lowest BCUT2D eigenvalue weighted by Crippen LogP contribution is -2.29. The van der Waals surface area contributed by atoms with Crippen molar-refractivity contribution < 1.29 is 19.7 Å². The van der Waals surface area contributed by atoms with Gasteiger partial charge in [0.2, 0.25) is 0 Å². The van der Waals surface area contributed by atoms with E-state index in [4.69, 9.17) is 9.47 Å². The lowest BCUT2D eigenvalue weighted by molar-refractivity contribution is 0.00226. The molecule has 130 valence electrons. The Morgan fingerprint density at radius 1 is 0.875 bits per heavy atom. The van der Waals surface area contributed by atoms with Crippen LogP contribution < -0.4 is 9.47 Å². The van der Waals surface area contributed by atoms with Crippen molar-refractivity contribution in [2.45, 2.75) is 38.4 Å². The summed E-state index contributed by atoms with van der Waals surface area (Å²) in [6.07, 6.45) is -1.70. The van der Waals surface area contributed by atoms with E-state index < -0.39 is 12.2 Å². The molecule has 0 fully saturated rings. The first-order valence-corrected chi connectivity index (χ1v) is 8.08. The molecular formula is C20H26O4. The van der Waals surface area contributed by atoms with Crippen LogP contribution >= 0.6 is 0 Å². The molecule has 2 aromatic carbocycles. The first kappa shape index (κ1) is 18.3. The molecule has 0 aliphatic carbocycles. The summed E-state index contributed by atoms with van der Waals surface area (Å²) < 4.78 is 10.7. The minimum absolute atomic E-state index is 0.0683. The van der Waals surface area contributed by atoms with Crippen LogP contribution in [0.15, 0.2) is 48.5 Å². The molecule has 0 saturated carbocycles. The second kappa shape index (κ2) is 7.69. The van der Waals surface area contributed by atoms with E-state index in [2.05, 4.69) is 26.0 Å². The van der Waals surface area contributed by atoms with Crippen LogP contribution in [0.4, 0.5) is 0 Å². The Morgan fingerprint density at radius 3 is 1.75 bits per heavy atom. The van der Waals surface area contributed by atoms with Gasteiger partial charge in [0.05, 0.1) is 13.2 Å². The van der Waals surface area contributed by atoms with Gasteiger partial charge in [0.1, 0.15) is 24.2 Å². The lowest BCUT2D eigenvalue weighted by Gasteiger charge is -2.26. The molecule has 0 bridgehead atoms. The van der Waals surface area contributed by atoms with Crippen molar-refractivity contribution in [2.75, 3.05) is 13.7 Å². The topological polar surface area (TPSA) is 58.9 Å². The molecule has 2 rings (SSSR count). The van der Waals surface area contributed by atoms with Gasteiger partial charge in [0.15, 0.2) is 0 Å². The molecule has 2 N–H and O–H groups in total. The van der Waals surface area contributed by atoms with Crippen molar-refractivity contribution in [1.82, 2.24) is 0 Å².